The first kappa shape index (κ1) is 12.1. The van der Waals surface area contributed by atoms with Crippen LogP contribution < -0.4 is 5.73 Å². The number of amidine groups is 1. The highest BCUT2D eigenvalue weighted by Crippen LogP contribution is 2.10. The second-order valence-corrected chi connectivity index (χ2v) is 3.85. The van der Waals surface area contributed by atoms with Gasteiger partial charge >= 0.3 is 0 Å². The van der Waals surface area contributed by atoms with Crippen LogP contribution in [0.5, 0.6) is 0 Å². The van der Waals surface area contributed by atoms with Gasteiger partial charge in [0.25, 0.3) is 0 Å². The van der Waals surface area contributed by atoms with Gasteiger partial charge in [-0.15, -0.1) is 0 Å². The molecule has 2 aromatic heterocycles. The number of imidazole rings is 1. The molecule has 3 N–H and O–H groups in total. The Hall–Kier alpha value is -2.37. The van der Waals surface area contributed by atoms with E-state index < -0.39 is 0 Å². The highest BCUT2D eigenvalue weighted by molar-refractivity contribution is 5.96. The van der Waals surface area contributed by atoms with Crippen molar-refractivity contribution in [2.45, 2.75) is 19.8 Å². The number of hydrogen-bond acceptors (Lipinski definition) is 4. The first-order valence-electron chi connectivity index (χ1n) is 5.72. The number of rotatable bonds is 4. The fraction of sp³-hybridized carbons (Fsp3) is 0.250. The van der Waals surface area contributed by atoms with E-state index in [4.69, 9.17) is 10.9 Å². The molecular weight excluding hydrogens is 230 g/mol. The number of oxime groups is 1. The zero-order valence-electron chi connectivity index (χ0n) is 10.1. The summed E-state index contributed by atoms with van der Waals surface area (Å²) in [5.74, 6) is 1.79. The van der Waals surface area contributed by atoms with Gasteiger partial charge < -0.3 is 10.9 Å². The van der Waals surface area contributed by atoms with Crippen molar-refractivity contribution in [3.8, 4) is 5.82 Å². The molecule has 0 spiro atoms. The van der Waals surface area contributed by atoms with E-state index in [9.17, 15) is 0 Å². The number of aryl methyl sites for hydroxylation is 1. The van der Waals surface area contributed by atoms with E-state index in [0.29, 0.717) is 5.56 Å². The Morgan fingerprint density at radius 1 is 1.44 bits per heavy atom. The molecule has 2 heterocycles. The van der Waals surface area contributed by atoms with Gasteiger partial charge in [0.15, 0.2) is 5.84 Å². The molecule has 0 fully saturated rings. The van der Waals surface area contributed by atoms with E-state index in [0.717, 1.165) is 24.5 Å². The van der Waals surface area contributed by atoms with Crippen molar-refractivity contribution in [1.29, 1.82) is 0 Å². The minimum absolute atomic E-state index is 0.0495. The Kier molecular flexibility index (Phi) is 3.57. The molecule has 6 nitrogen and oxygen atoms in total. The summed E-state index contributed by atoms with van der Waals surface area (Å²) >= 11 is 0. The Morgan fingerprint density at radius 2 is 2.28 bits per heavy atom. The average Bonchev–Trinajstić information content (AvgIpc) is 2.87. The molecule has 0 saturated carbocycles. The molecule has 0 aliphatic heterocycles. The maximum Gasteiger partial charge on any atom is 0.171 e. The Balaban J connectivity index is 2.31. The number of pyridine rings is 1. The van der Waals surface area contributed by atoms with Crippen LogP contribution in [-0.4, -0.2) is 25.6 Å². The molecule has 94 valence electrons. The van der Waals surface area contributed by atoms with E-state index in [1.807, 2.05) is 16.8 Å². The lowest BCUT2D eigenvalue weighted by Gasteiger charge is -2.06. The predicted molar refractivity (Wildman–Crippen MR) is 67.9 cm³/mol. The molecule has 0 amide bonds. The monoisotopic (exact) mass is 245 g/mol. The van der Waals surface area contributed by atoms with E-state index in [1.54, 1.807) is 18.5 Å². The molecule has 18 heavy (non-hydrogen) atoms. The Bertz CT molecular complexity index is 544. The molecule has 0 unspecified atom stereocenters. The normalized spacial score (nSPS) is 11.7. The minimum Gasteiger partial charge on any atom is -0.409 e. The Labute approximate surface area is 105 Å². The van der Waals surface area contributed by atoms with Gasteiger partial charge in [0.2, 0.25) is 0 Å². The fourth-order valence-corrected chi connectivity index (χ4v) is 1.69. The van der Waals surface area contributed by atoms with Crippen LogP contribution in [0.3, 0.4) is 0 Å². The lowest BCUT2D eigenvalue weighted by atomic mass is 10.2. The van der Waals surface area contributed by atoms with Crippen molar-refractivity contribution >= 4 is 5.84 Å². The molecule has 0 bridgehead atoms. The van der Waals surface area contributed by atoms with Crippen molar-refractivity contribution in [3.05, 3.63) is 42.1 Å². The second-order valence-electron chi connectivity index (χ2n) is 3.85. The van der Waals surface area contributed by atoms with E-state index in [-0.39, 0.29) is 5.84 Å². The van der Waals surface area contributed by atoms with Gasteiger partial charge in [-0.05, 0) is 18.6 Å². The SMILES string of the molecule is CCCc1nccn1-c1ccc(C(N)=NO)cn1. The molecule has 2 aromatic rings. The van der Waals surface area contributed by atoms with Gasteiger partial charge in [0, 0.05) is 30.6 Å². The number of aromatic nitrogens is 3. The van der Waals surface area contributed by atoms with Gasteiger partial charge in [0.05, 0.1) is 0 Å². The second kappa shape index (κ2) is 5.31. The van der Waals surface area contributed by atoms with Crippen molar-refractivity contribution in [2.75, 3.05) is 0 Å². The summed E-state index contributed by atoms with van der Waals surface area (Å²) in [4.78, 5) is 8.57. The summed E-state index contributed by atoms with van der Waals surface area (Å²) in [5, 5.41) is 11.5. The highest BCUT2D eigenvalue weighted by atomic mass is 16.4. The third kappa shape index (κ3) is 2.32. The topological polar surface area (TPSA) is 89.3 Å². The van der Waals surface area contributed by atoms with Crippen LogP contribution in [0.1, 0.15) is 24.7 Å². The van der Waals surface area contributed by atoms with E-state index >= 15 is 0 Å². The number of nitrogens with zero attached hydrogens (tertiary/aromatic N) is 4. The van der Waals surface area contributed by atoms with Crippen LogP contribution in [0.25, 0.3) is 5.82 Å². The summed E-state index contributed by atoms with van der Waals surface area (Å²) in [6, 6.07) is 3.57. The maximum absolute atomic E-state index is 8.58. The van der Waals surface area contributed by atoms with Crippen molar-refractivity contribution in [2.24, 2.45) is 10.9 Å². The van der Waals surface area contributed by atoms with Crippen LogP contribution in [0.4, 0.5) is 0 Å². The third-order valence-corrected chi connectivity index (χ3v) is 2.59. The molecular formula is C12H15N5O. The highest BCUT2D eigenvalue weighted by Gasteiger charge is 2.06. The first-order valence-corrected chi connectivity index (χ1v) is 5.72. The molecule has 0 aliphatic carbocycles. The zero-order valence-corrected chi connectivity index (χ0v) is 10.1. The standard InChI is InChI=1S/C12H15N5O/c1-2-3-10-14-6-7-17(10)11-5-4-9(8-15-11)12(13)16-18/h4-8,18H,2-3H2,1H3,(H2,13,16). The first-order chi connectivity index (χ1) is 8.76. The zero-order chi connectivity index (χ0) is 13.0. The molecule has 2 rings (SSSR count). The number of nitrogens with two attached hydrogens (primary N) is 1. The average molecular weight is 245 g/mol. The van der Waals surface area contributed by atoms with Gasteiger partial charge in [0.1, 0.15) is 11.6 Å². The lowest BCUT2D eigenvalue weighted by Crippen LogP contribution is -2.13. The third-order valence-electron chi connectivity index (χ3n) is 2.59. The summed E-state index contributed by atoms with van der Waals surface area (Å²) in [7, 11) is 0. The van der Waals surface area contributed by atoms with Gasteiger partial charge in [-0.2, -0.15) is 0 Å². The molecule has 0 atom stereocenters. The van der Waals surface area contributed by atoms with Gasteiger partial charge in [-0.25, -0.2) is 9.97 Å². The van der Waals surface area contributed by atoms with Crippen molar-refractivity contribution < 1.29 is 5.21 Å². The molecule has 0 aliphatic rings. The van der Waals surface area contributed by atoms with E-state index in [2.05, 4.69) is 22.0 Å². The van der Waals surface area contributed by atoms with Gasteiger partial charge in [-0.1, -0.05) is 12.1 Å². The minimum atomic E-state index is 0.0495. The molecule has 0 radical (unpaired) electrons. The molecule has 6 heteroatoms. The summed E-state index contributed by atoms with van der Waals surface area (Å²) in [6.07, 6.45) is 7.12. The van der Waals surface area contributed by atoms with Gasteiger partial charge in [-0.3, -0.25) is 4.57 Å². The predicted octanol–water partition coefficient (Wildman–Crippen LogP) is 1.31. The molecule has 0 saturated heterocycles. The van der Waals surface area contributed by atoms with Crippen molar-refractivity contribution in [3.63, 3.8) is 0 Å². The Morgan fingerprint density at radius 3 is 2.89 bits per heavy atom. The largest absolute Gasteiger partial charge is 0.409 e. The lowest BCUT2D eigenvalue weighted by molar-refractivity contribution is 0.318. The van der Waals surface area contributed by atoms with Crippen LogP contribution >= 0.6 is 0 Å². The van der Waals surface area contributed by atoms with Crippen LogP contribution in [0, 0.1) is 0 Å². The maximum atomic E-state index is 8.58. The summed E-state index contributed by atoms with van der Waals surface area (Å²) in [5.41, 5.74) is 6.06. The summed E-state index contributed by atoms with van der Waals surface area (Å²) in [6.45, 7) is 2.11. The summed E-state index contributed by atoms with van der Waals surface area (Å²) < 4.78 is 1.93. The smallest absolute Gasteiger partial charge is 0.171 e. The van der Waals surface area contributed by atoms with Crippen LogP contribution in [0.15, 0.2) is 35.9 Å². The van der Waals surface area contributed by atoms with E-state index in [1.165, 1.54) is 0 Å². The van der Waals surface area contributed by atoms with Crippen LogP contribution in [0.2, 0.25) is 0 Å². The van der Waals surface area contributed by atoms with Crippen LogP contribution in [-0.2, 0) is 6.42 Å². The van der Waals surface area contributed by atoms with Crippen molar-refractivity contribution in [1.82, 2.24) is 14.5 Å². The molecule has 0 aromatic carbocycles. The fourth-order valence-electron chi connectivity index (χ4n) is 1.69. The quantitative estimate of drug-likeness (QED) is 0.368. The number of hydrogen-bond donors (Lipinski definition) is 2.